The lowest BCUT2D eigenvalue weighted by atomic mass is 9.93. The molecule has 1 aromatic rings. The van der Waals surface area contributed by atoms with E-state index in [1.54, 1.807) is 12.1 Å². The Morgan fingerprint density at radius 1 is 1.22 bits per heavy atom. The molecule has 0 radical (unpaired) electrons. The van der Waals surface area contributed by atoms with Crippen molar-refractivity contribution in [1.29, 1.82) is 0 Å². The molecular weight excluding hydrogens is 252 g/mol. The summed E-state index contributed by atoms with van der Waals surface area (Å²) < 4.78 is 22.5. The number of carbonyl (C=O) groups is 1. The second kappa shape index (κ2) is 4.97. The van der Waals surface area contributed by atoms with Gasteiger partial charge >= 0.3 is 6.03 Å². The third kappa shape index (κ3) is 3.22. The minimum absolute atomic E-state index is 0.243. The highest BCUT2D eigenvalue weighted by Gasteiger charge is 2.19. The number of carbonyl (C=O) groups excluding carboxylic acids is 1. The number of hydrogen-bond acceptors (Lipinski definition) is 3. The van der Waals surface area contributed by atoms with Crippen LogP contribution in [0.4, 0.5) is 10.5 Å². The zero-order valence-electron chi connectivity index (χ0n) is 10.1. The van der Waals surface area contributed by atoms with Gasteiger partial charge in [-0.15, -0.1) is 0 Å². The van der Waals surface area contributed by atoms with Crippen LogP contribution in [0.25, 0.3) is 0 Å². The van der Waals surface area contributed by atoms with E-state index < -0.39 is 9.84 Å². The molecule has 1 saturated carbocycles. The van der Waals surface area contributed by atoms with Gasteiger partial charge in [-0.2, -0.15) is 0 Å². The maximum absolute atomic E-state index is 11.6. The minimum atomic E-state index is -3.19. The largest absolute Gasteiger partial charge is 0.335 e. The average Bonchev–Trinajstić information content (AvgIpc) is 2.23. The molecule has 18 heavy (non-hydrogen) atoms. The number of urea groups is 1. The number of anilines is 1. The molecule has 1 aromatic carbocycles. The van der Waals surface area contributed by atoms with Gasteiger partial charge in [0, 0.05) is 18.0 Å². The standard InChI is InChI=1S/C12H16N2O3S/c1-18(16,17)11-7-5-10(6-8-11)14-12(15)13-9-3-2-4-9/h5-9H,2-4H2,1H3,(H2,13,14,15). The summed E-state index contributed by atoms with van der Waals surface area (Å²) in [6, 6.07) is 6.16. The lowest BCUT2D eigenvalue weighted by molar-refractivity contribution is 0.240. The lowest BCUT2D eigenvalue weighted by Gasteiger charge is -2.26. The van der Waals surface area contributed by atoms with Crippen LogP contribution in [-0.2, 0) is 9.84 Å². The van der Waals surface area contributed by atoms with Crippen LogP contribution in [0, 0.1) is 0 Å². The molecule has 2 amide bonds. The first-order valence-corrected chi connectivity index (χ1v) is 7.72. The monoisotopic (exact) mass is 268 g/mol. The summed E-state index contributed by atoms with van der Waals surface area (Å²) in [5.74, 6) is 0. The molecule has 0 saturated heterocycles. The van der Waals surface area contributed by atoms with Crippen LogP contribution in [-0.4, -0.2) is 26.7 Å². The van der Waals surface area contributed by atoms with Gasteiger partial charge in [-0.1, -0.05) is 0 Å². The van der Waals surface area contributed by atoms with Crippen molar-refractivity contribution in [1.82, 2.24) is 5.32 Å². The fourth-order valence-corrected chi connectivity index (χ4v) is 2.32. The van der Waals surface area contributed by atoms with Gasteiger partial charge in [0.1, 0.15) is 0 Å². The first-order valence-electron chi connectivity index (χ1n) is 5.83. The Hall–Kier alpha value is -1.56. The highest BCUT2D eigenvalue weighted by molar-refractivity contribution is 7.90. The van der Waals surface area contributed by atoms with Gasteiger partial charge in [-0.3, -0.25) is 0 Å². The van der Waals surface area contributed by atoms with E-state index in [4.69, 9.17) is 0 Å². The Labute approximate surface area is 107 Å². The molecule has 0 spiro atoms. The van der Waals surface area contributed by atoms with Crippen molar-refractivity contribution in [2.45, 2.75) is 30.2 Å². The summed E-state index contributed by atoms with van der Waals surface area (Å²) in [6.07, 6.45) is 4.37. The fourth-order valence-electron chi connectivity index (χ4n) is 1.69. The van der Waals surface area contributed by atoms with Gasteiger partial charge in [0.05, 0.1) is 4.90 Å². The Bertz CT molecular complexity index is 533. The molecule has 2 N–H and O–H groups in total. The van der Waals surface area contributed by atoms with Crippen LogP contribution >= 0.6 is 0 Å². The van der Waals surface area contributed by atoms with Crippen molar-refractivity contribution in [3.8, 4) is 0 Å². The van der Waals surface area contributed by atoms with E-state index in [1.807, 2.05) is 0 Å². The first kappa shape index (κ1) is 12.9. The summed E-state index contributed by atoms with van der Waals surface area (Å²) in [6.45, 7) is 0. The molecule has 1 aliphatic carbocycles. The van der Waals surface area contributed by atoms with Gasteiger partial charge in [-0.25, -0.2) is 13.2 Å². The zero-order chi connectivity index (χ0) is 13.2. The van der Waals surface area contributed by atoms with Crippen LogP contribution in [0.3, 0.4) is 0 Å². The predicted molar refractivity (Wildman–Crippen MR) is 69.3 cm³/mol. The zero-order valence-corrected chi connectivity index (χ0v) is 11.0. The molecule has 0 atom stereocenters. The maximum atomic E-state index is 11.6. The van der Waals surface area contributed by atoms with Crippen molar-refractivity contribution in [2.75, 3.05) is 11.6 Å². The molecule has 6 heteroatoms. The van der Waals surface area contributed by atoms with Crippen molar-refractivity contribution in [3.63, 3.8) is 0 Å². The quantitative estimate of drug-likeness (QED) is 0.877. The van der Waals surface area contributed by atoms with E-state index in [2.05, 4.69) is 10.6 Å². The van der Waals surface area contributed by atoms with Crippen LogP contribution in [0.15, 0.2) is 29.2 Å². The molecule has 1 fully saturated rings. The van der Waals surface area contributed by atoms with Crippen LogP contribution < -0.4 is 10.6 Å². The topological polar surface area (TPSA) is 75.3 Å². The van der Waals surface area contributed by atoms with Gasteiger partial charge in [0.2, 0.25) is 0 Å². The normalized spacial score (nSPS) is 15.8. The van der Waals surface area contributed by atoms with E-state index in [9.17, 15) is 13.2 Å². The van der Waals surface area contributed by atoms with E-state index in [0.717, 1.165) is 25.5 Å². The third-order valence-electron chi connectivity index (χ3n) is 2.98. The van der Waals surface area contributed by atoms with Gasteiger partial charge < -0.3 is 10.6 Å². The number of amides is 2. The van der Waals surface area contributed by atoms with Crippen molar-refractivity contribution < 1.29 is 13.2 Å². The molecule has 1 aliphatic rings. The number of nitrogens with one attached hydrogen (secondary N) is 2. The van der Waals surface area contributed by atoms with E-state index in [0.29, 0.717) is 5.69 Å². The molecular formula is C12H16N2O3S. The Kier molecular flexibility index (Phi) is 3.56. The number of rotatable bonds is 3. The van der Waals surface area contributed by atoms with E-state index in [-0.39, 0.29) is 17.0 Å². The summed E-state index contributed by atoms with van der Waals surface area (Å²) in [4.78, 5) is 11.8. The van der Waals surface area contributed by atoms with E-state index >= 15 is 0 Å². The van der Waals surface area contributed by atoms with Gasteiger partial charge in [0.25, 0.3) is 0 Å². The van der Waals surface area contributed by atoms with Gasteiger partial charge in [0.15, 0.2) is 9.84 Å². The molecule has 98 valence electrons. The predicted octanol–water partition coefficient (Wildman–Crippen LogP) is 1.76. The molecule has 0 bridgehead atoms. The second-order valence-corrected chi connectivity index (χ2v) is 6.54. The van der Waals surface area contributed by atoms with Crippen LogP contribution in [0.5, 0.6) is 0 Å². The number of benzene rings is 1. The van der Waals surface area contributed by atoms with Gasteiger partial charge in [-0.05, 0) is 43.5 Å². The summed E-state index contributed by atoms with van der Waals surface area (Å²) in [7, 11) is -3.19. The Morgan fingerprint density at radius 3 is 2.28 bits per heavy atom. The highest BCUT2D eigenvalue weighted by atomic mass is 32.2. The summed E-state index contributed by atoms with van der Waals surface area (Å²) in [5.41, 5.74) is 0.583. The Balaban J connectivity index is 1.95. The smallest absolute Gasteiger partial charge is 0.319 e. The van der Waals surface area contributed by atoms with Crippen molar-refractivity contribution in [3.05, 3.63) is 24.3 Å². The summed E-state index contributed by atoms with van der Waals surface area (Å²) >= 11 is 0. The third-order valence-corrected chi connectivity index (χ3v) is 4.11. The Morgan fingerprint density at radius 2 is 1.83 bits per heavy atom. The molecule has 0 aromatic heterocycles. The van der Waals surface area contributed by atoms with Crippen molar-refractivity contribution >= 4 is 21.6 Å². The maximum Gasteiger partial charge on any atom is 0.319 e. The molecule has 2 rings (SSSR count). The first-order chi connectivity index (χ1) is 8.45. The highest BCUT2D eigenvalue weighted by Crippen LogP contribution is 2.18. The fraction of sp³-hybridized carbons (Fsp3) is 0.417. The van der Waals surface area contributed by atoms with Crippen molar-refractivity contribution in [2.24, 2.45) is 0 Å². The summed E-state index contributed by atoms with van der Waals surface area (Å²) in [5, 5.41) is 5.52. The van der Waals surface area contributed by atoms with Crippen LogP contribution in [0.1, 0.15) is 19.3 Å². The SMILES string of the molecule is CS(=O)(=O)c1ccc(NC(=O)NC2CCC2)cc1. The minimum Gasteiger partial charge on any atom is -0.335 e. The lowest BCUT2D eigenvalue weighted by Crippen LogP contribution is -2.41. The second-order valence-electron chi connectivity index (χ2n) is 4.52. The molecule has 0 aliphatic heterocycles. The molecule has 0 heterocycles. The van der Waals surface area contributed by atoms with E-state index in [1.165, 1.54) is 12.1 Å². The average molecular weight is 268 g/mol. The number of hydrogen-bond donors (Lipinski definition) is 2. The molecule has 5 nitrogen and oxygen atoms in total. The molecule has 0 unspecified atom stereocenters. The van der Waals surface area contributed by atoms with Crippen LogP contribution in [0.2, 0.25) is 0 Å². The number of sulfone groups is 1.